The molecule has 0 aromatic carbocycles. The first kappa shape index (κ1) is 24.1. The number of carbonyl (C=O) groups is 3. The highest BCUT2D eigenvalue weighted by Gasteiger charge is 2.47. The maximum absolute atomic E-state index is 13.1. The van der Waals surface area contributed by atoms with Crippen LogP contribution in [0.1, 0.15) is 19.8 Å². The summed E-state index contributed by atoms with van der Waals surface area (Å²) in [6.07, 6.45) is 0.948. The van der Waals surface area contributed by atoms with E-state index in [1.807, 2.05) is 0 Å². The van der Waals surface area contributed by atoms with Gasteiger partial charge in [0.1, 0.15) is 5.37 Å². The molecule has 12 heteroatoms. The molecule has 0 aliphatic carbocycles. The summed E-state index contributed by atoms with van der Waals surface area (Å²) in [6.45, 7) is 7.11. The zero-order valence-corrected chi connectivity index (χ0v) is 20.3. The lowest BCUT2D eigenvalue weighted by Crippen LogP contribution is -2.63. The molecule has 4 N–H and O–H groups in total. The number of piperazine rings is 1. The Hall–Kier alpha value is -1.05. The number of nitrogens with zero attached hydrogens (tertiary/aromatic N) is 2. The van der Waals surface area contributed by atoms with E-state index in [2.05, 4.69) is 38.1 Å². The van der Waals surface area contributed by atoms with Gasteiger partial charge in [0.05, 0.1) is 23.3 Å². The van der Waals surface area contributed by atoms with Gasteiger partial charge in [0, 0.05) is 38.3 Å². The summed E-state index contributed by atoms with van der Waals surface area (Å²) < 4.78 is 4.80. The molecule has 6 unspecified atom stereocenters. The molecule has 0 spiro atoms. The molecule has 0 radical (unpaired) electrons. The predicted molar refractivity (Wildman–Crippen MR) is 125 cm³/mol. The van der Waals surface area contributed by atoms with E-state index in [1.165, 1.54) is 0 Å². The number of rotatable bonds is 5. The Balaban J connectivity index is 1.32. The fourth-order valence-electron chi connectivity index (χ4n) is 4.85. The molecule has 4 saturated heterocycles. The zero-order chi connectivity index (χ0) is 22.7. The van der Waals surface area contributed by atoms with Gasteiger partial charge in [0.25, 0.3) is 0 Å². The highest BCUT2D eigenvalue weighted by Crippen LogP contribution is 2.35. The SMILES string of the molecule is CCOC(=O)NC(=O)C1CCSC1NC(=O)C1NC2C(NCCC2N2CCN(C)CC2)S1. The molecular weight excluding hydrogens is 452 g/mol. The number of carbonyl (C=O) groups excluding carboxylic acids is 3. The summed E-state index contributed by atoms with van der Waals surface area (Å²) in [7, 11) is 2.16. The molecule has 0 aromatic heterocycles. The Labute approximate surface area is 197 Å². The number of fused-ring (bicyclic) bond motifs is 1. The van der Waals surface area contributed by atoms with Gasteiger partial charge in [-0.2, -0.15) is 0 Å². The van der Waals surface area contributed by atoms with Crippen molar-refractivity contribution in [3.63, 3.8) is 0 Å². The molecule has 3 amide bonds. The average molecular weight is 487 g/mol. The second-order valence-electron chi connectivity index (χ2n) is 8.68. The van der Waals surface area contributed by atoms with Crippen LogP contribution in [0.4, 0.5) is 4.79 Å². The lowest BCUT2D eigenvalue weighted by Gasteiger charge is -2.44. The first-order valence-electron chi connectivity index (χ1n) is 11.4. The van der Waals surface area contributed by atoms with Crippen LogP contribution in [0.5, 0.6) is 0 Å². The summed E-state index contributed by atoms with van der Waals surface area (Å²) in [4.78, 5) is 42.1. The van der Waals surface area contributed by atoms with Crippen LogP contribution in [0.3, 0.4) is 0 Å². The summed E-state index contributed by atoms with van der Waals surface area (Å²) in [5, 5.41) is 11.9. The monoisotopic (exact) mass is 486 g/mol. The van der Waals surface area contributed by atoms with Gasteiger partial charge in [-0.1, -0.05) is 0 Å². The van der Waals surface area contributed by atoms with Gasteiger partial charge >= 0.3 is 6.09 Å². The van der Waals surface area contributed by atoms with Gasteiger partial charge in [-0.05, 0) is 39.1 Å². The normalized spacial score (nSPS) is 35.8. The van der Waals surface area contributed by atoms with Gasteiger partial charge in [-0.15, -0.1) is 23.5 Å². The fraction of sp³-hybridized carbons (Fsp3) is 0.850. The van der Waals surface area contributed by atoms with Crippen LogP contribution >= 0.6 is 23.5 Å². The highest BCUT2D eigenvalue weighted by atomic mass is 32.2. The minimum absolute atomic E-state index is 0.100. The Morgan fingerprint density at radius 1 is 1.12 bits per heavy atom. The Kier molecular flexibility index (Phi) is 8.22. The number of amides is 3. The third-order valence-electron chi connectivity index (χ3n) is 6.61. The highest BCUT2D eigenvalue weighted by molar-refractivity contribution is 8.01. The molecule has 0 saturated carbocycles. The number of hydrogen-bond acceptors (Lipinski definition) is 10. The first-order valence-corrected chi connectivity index (χ1v) is 13.4. The van der Waals surface area contributed by atoms with Crippen LogP contribution in [0.15, 0.2) is 0 Å². The molecule has 6 atom stereocenters. The number of thioether (sulfide) groups is 2. The van der Waals surface area contributed by atoms with Crippen LogP contribution in [-0.2, 0) is 14.3 Å². The van der Waals surface area contributed by atoms with E-state index < -0.39 is 17.9 Å². The van der Waals surface area contributed by atoms with E-state index in [4.69, 9.17) is 4.74 Å². The molecule has 4 fully saturated rings. The van der Waals surface area contributed by atoms with Crippen molar-refractivity contribution in [2.24, 2.45) is 5.92 Å². The molecule has 4 aliphatic heterocycles. The van der Waals surface area contributed by atoms with Crippen molar-refractivity contribution in [3.8, 4) is 0 Å². The van der Waals surface area contributed by atoms with E-state index in [9.17, 15) is 14.4 Å². The predicted octanol–water partition coefficient (Wildman–Crippen LogP) is -0.579. The van der Waals surface area contributed by atoms with Crippen LogP contribution in [0.2, 0.25) is 0 Å². The van der Waals surface area contributed by atoms with Crippen LogP contribution in [0.25, 0.3) is 0 Å². The third-order valence-corrected chi connectivity index (χ3v) is 9.26. The van der Waals surface area contributed by atoms with Gasteiger partial charge in [-0.25, -0.2) is 4.79 Å². The van der Waals surface area contributed by atoms with Crippen molar-refractivity contribution in [1.82, 2.24) is 31.1 Å². The van der Waals surface area contributed by atoms with Gasteiger partial charge in [0.15, 0.2) is 0 Å². The largest absolute Gasteiger partial charge is 0.450 e. The molecule has 4 rings (SSSR count). The lowest BCUT2D eigenvalue weighted by molar-refractivity contribution is -0.125. The Morgan fingerprint density at radius 3 is 2.66 bits per heavy atom. The number of imide groups is 1. The smallest absolute Gasteiger partial charge is 0.413 e. The van der Waals surface area contributed by atoms with E-state index >= 15 is 0 Å². The molecule has 180 valence electrons. The fourth-order valence-corrected chi connectivity index (χ4v) is 7.55. The minimum Gasteiger partial charge on any atom is -0.450 e. The van der Waals surface area contributed by atoms with Crippen molar-refractivity contribution >= 4 is 41.4 Å². The van der Waals surface area contributed by atoms with Gasteiger partial charge < -0.3 is 20.3 Å². The molecular formula is C20H34N6O4S2. The van der Waals surface area contributed by atoms with Crippen LogP contribution < -0.4 is 21.3 Å². The van der Waals surface area contributed by atoms with Crippen LogP contribution in [0, 0.1) is 5.92 Å². The minimum atomic E-state index is -0.738. The van der Waals surface area contributed by atoms with Crippen molar-refractivity contribution in [1.29, 1.82) is 0 Å². The molecule has 0 aromatic rings. The van der Waals surface area contributed by atoms with Crippen molar-refractivity contribution < 1.29 is 19.1 Å². The second kappa shape index (κ2) is 10.9. The number of ether oxygens (including phenoxy) is 1. The summed E-state index contributed by atoms with van der Waals surface area (Å²) in [5.41, 5.74) is 0. The maximum atomic E-state index is 13.1. The Morgan fingerprint density at radius 2 is 1.91 bits per heavy atom. The number of nitrogens with one attached hydrogen (secondary N) is 4. The van der Waals surface area contributed by atoms with Crippen LogP contribution in [-0.4, -0.2) is 108 Å². The zero-order valence-electron chi connectivity index (χ0n) is 18.7. The van der Waals surface area contributed by atoms with Crippen molar-refractivity contribution in [3.05, 3.63) is 0 Å². The van der Waals surface area contributed by atoms with E-state index in [0.29, 0.717) is 12.5 Å². The average Bonchev–Trinajstić information content (AvgIpc) is 3.41. The standard InChI is InChI=1S/C20H34N6O4S2/c1-3-30-20(29)24-15(27)12-5-11-31-17(12)23-16(28)19-22-14-13(4-6-21-18(14)32-19)26-9-7-25(2)8-10-26/h12-14,17-19,21-22H,3-11H2,1-2H3,(H,23,28)(H,24,27,29). The van der Waals surface area contributed by atoms with E-state index in [1.54, 1.807) is 30.4 Å². The second-order valence-corrected chi connectivity index (χ2v) is 11.2. The summed E-state index contributed by atoms with van der Waals surface area (Å²) in [5.74, 6) is -0.179. The molecule has 32 heavy (non-hydrogen) atoms. The maximum Gasteiger partial charge on any atom is 0.413 e. The van der Waals surface area contributed by atoms with Gasteiger partial charge in [0.2, 0.25) is 11.8 Å². The molecule has 4 heterocycles. The lowest BCUT2D eigenvalue weighted by atomic mass is 9.98. The van der Waals surface area contributed by atoms with E-state index in [0.717, 1.165) is 44.9 Å². The first-order chi connectivity index (χ1) is 15.5. The quantitative estimate of drug-likeness (QED) is 0.402. The number of alkyl carbamates (subject to hydrolysis) is 1. The Bertz CT molecular complexity index is 708. The molecule has 0 bridgehead atoms. The van der Waals surface area contributed by atoms with Gasteiger partial charge in [-0.3, -0.25) is 25.1 Å². The van der Waals surface area contributed by atoms with Crippen molar-refractivity contribution in [2.45, 2.75) is 48.0 Å². The molecule has 10 nitrogen and oxygen atoms in total. The molecule has 4 aliphatic rings. The third kappa shape index (κ3) is 5.53. The number of likely N-dealkylation sites (N-methyl/N-ethyl adjacent to an activating group) is 1. The topological polar surface area (TPSA) is 115 Å². The van der Waals surface area contributed by atoms with Crippen molar-refractivity contribution in [2.75, 3.05) is 52.1 Å². The summed E-state index contributed by atoms with van der Waals surface area (Å²) >= 11 is 3.17. The summed E-state index contributed by atoms with van der Waals surface area (Å²) in [6, 6.07) is 0.635. The van der Waals surface area contributed by atoms with E-state index in [-0.39, 0.29) is 34.7 Å². The number of hydrogen-bond donors (Lipinski definition) is 4. The number of piperidine rings is 1.